The van der Waals surface area contributed by atoms with Gasteiger partial charge < -0.3 is 9.73 Å². The number of thioether (sulfide) groups is 1. The Balaban J connectivity index is 1.75. The molecule has 1 aliphatic rings. The van der Waals surface area contributed by atoms with E-state index in [9.17, 15) is 4.79 Å². The topological polar surface area (TPSA) is 73.0 Å². The van der Waals surface area contributed by atoms with E-state index >= 15 is 0 Å². The molecule has 0 radical (unpaired) electrons. The highest BCUT2D eigenvalue weighted by molar-refractivity contribution is 7.99. The van der Waals surface area contributed by atoms with Crippen molar-refractivity contribution < 1.29 is 9.21 Å². The van der Waals surface area contributed by atoms with E-state index in [2.05, 4.69) is 33.9 Å². The van der Waals surface area contributed by atoms with Crippen LogP contribution < -0.4 is 5.32 Å². The van der Waals surface area contributed by atoms with Gasteiger partial charge in [-0.15, -0.1) is 10.2 Å². The highest BCUT2D eigenvalue weighted by atomic mass is 32.2. The van der Waals surface area contributed by atoms with Crippen molar-refractivity contribution in [2.75, 3.05) is 12.3 Å². The van der Waals surface area contributed by atoms with Crippen molar-refractivity contribution in [1.82, 2.24) is 20.1 Å². The SMILES string of the molecule is CC(C)CNC(=O)CSc1nnc(-c2ccco2)n1C1CCCCC1. The molecule has 0 spiro atoms. The van der Waals surface area contributed by atoms with Crippen molar-refractivity contribution in [3.63, 3.8) is 0 Å². The minimum Gasteiger partial charge on any atom is -0.461 e. The lowest BCUT2D eigenvalue weighted by atomic mass is 9.95. The number of hydrogen-bond donors (Lipinski definition) is 1. The predicted molar refractivity (Wildman–Crippen MR) is 98.4 cm³/mol. The monoisotopic (exact) mass is 362 g/mol. The van der Waals surface area contributed by atoms with Crippen LogP contribution in [0.1, 0.15) is 52.0 Å². The molecule has 1 aliphatic carbocycles. The summed E-state index contributed by atoms with van der Waals surface area (Å²) in [5, 5.41) is 12.5. The summed E-state index contributed by atoms with van der Waals surface area (Å²) in [5.41, 5.74) is 0. The summed E-state index contributed by atoms with van der Waals surface area (Å²) in [4.78, 5) is 12.0. The first-order chi connectivity index (χ1) is 12.1. The molecule has 25 heavy (non-hydrogen) atoms. The lowest BCUT2D eigenvalue weighted by molar-refractivity contribution is -0.118. The zero-order chi connectivity index (χ0) is 17.6. The number of rotatable bonds is 7. The Kier molecular flexibility index (Phi) is 6.18. The summed E-state index contributed by atoms with van der Waals surface area (Å²) in [6.45, 7) is 4.87. The molecule has 0 unspecified atom stereocenters. The summed E-state index contributed by atoms with van der Waals surface area (Å²) >= 11 is 1.45. The first kappa shape index (κ1) is 18.0. The number of nitrogens with zero attached hydrogens (tertiary/aromatic N) is 3. The highest BCUT2D eigenvalue weighted by Gasteiger charge is 2.25. The lowest BCUT2D eigenvalue weighted by Gasteiger charge is -2.25. The predicted octanol–water partition coefficient (Wildman–Crippen LogP) is 3.91. The van der Waals surface area contributed by atoms with Gasteiger partial charge in [-0.3, -0.25) is 9.36 Å². The van der Waals surface area contributed by atoms with Gasteiger partial charge in [-0.2, -0.15) is 0 Å². The van der Waals surface area contributed by atoms with Gasteiger partial charge in [0.1, 0.15) is 0 Å². The summed E-state index contributed by atoms with van der Waals surface area (Å²) in [6, 6.07) is 4.15. The Morgan fingerprint density at radius 3 is 2.84 bits per heavy atom. The Hall–Kier alpha value is -1.76. The van der Waals surface area contributed by atoms with E-state index in [4.69, 9.17) is 4.42 Å². The maximum Gasteiger partial charge on any atom is 0.230 e. The summed E-state index contributed by atoms with van der Waals surface area (Å²) in [6.07, 6.45) is 7.63. The van der Waals surface area contributed by atoms with Gasteiger partial charge in [0.2, 0.25) is 11.7 Å². The molecular weight excluding hydrogens is 336 g/mol. The number of carbonyl (C=O) groups excluding carboxylic acids is 1. The summed E-state index contributed by atoms with van der Waals surface area (Å²) in [5.74, 6) is 2.34. The number of nitrogens with one attached hydrogen (secondary N) is 1. The molecule has 2 aromatic rings. The van der Waals surface area contributed by atoms with Crippen LogP contribution in [-0.2, 0) is 4.79 Å². The third kappa shape index (κ3) is 4.66. The van der Waals surface area contributed by atoms with Gasteiger partial charge in [0.15, 0.2) is 10.9 Å². The third-order valence-electron chi connectivity index (χ3n) is 4.39. The van der Waals surface area contributed by atoms with E-state index in [1.807, 2.05) is 12.1 Å². The zero-order valence-corrected chi connectivity index (χ0v) is 15.7. The summed E-state index contributed by atoms with van der Waals surface area (Å²) in [7, 11) is 0. The first-order valence-electron chi connectivity index (χ1n) is 9.03. The van der Waals surface area contributed by atoms with Gasteiger partial charge in [0.05, 0.1) is 12.0 Å². The molecule has 0 aliphatic heterocycles. The van der Waals surface area contributed by atoms with E-state index in [1.54, 1.807) is 6.26 Å². The Bertz CT molecular complexity index is 675. The molecule has 0 atom stereocenters. The van der Waals surface area contributed by atoms with Crippen LogP contribution in [0.5, 0.6) is 0 Å². The van der Waals surface area contributed by atoms with Crippen LogP contribution in [0, 0.1) is 5.92 Å². The first-order valence-corrected chi connectivity index (χ1v) is 10.0. The fourth-order valence-electron chi connectivity index (χ4n) is 3.12. The molecule has 136 valence electrons. The largest absolute Gasteiger partial charge is 0.461 e. The standard InChI is InChI=1S/C18H26N4O2S/c1-13(2)11-19-16(23)12-25-18-21-20-17(15-9-6-10-24-15)22(18)14-7-4-3-5-8-14/h6,9-10,13-14H,3-5,7-8,11-12H2,1-2H3,(H,19,23). The number of hydrogen-bond acceptors (Lipinski definition) is 5. The molecule has 6 nitrogen and oxygen atoms in total. The van der Waals surface area contributed by atoms with Crippen molar-refractivity contribution in [3.8, 4) is 11.6 Å². The van der Waals surface area contributed by atoms with Crippen molar-refractivity contribution >= 4 is 17.7 Å². The summed E-state index contributed by atoms with van der Waals surface area (Å²) < 4.78 is 7.72. The second kappa shape index (κ2) is 8.56. The van der Waals surface area contributed by atoms with Crippen molar-refractivity contribution in [2.24, 2.45) is 5.92 Å². The average molecular weight is 362 g/mol. The number of amides is 1. The number of aromatic nitrogens is 3. The second-order valence-corrected chi connectivity index (χ2v) is 7.87. The van der Waals surface area contributed by atoms with Crippen molar-refractivity contribution in [3.05, 3.63) is 18.4 Å². The van der Waals surface area contributed by atoms with Crippen LogP contribution >= 0.6 is 11.8 Å². The zero-order valence-electron chi connectivity index (χ0n) is 14.9. The van der Waals surface area contributed by atoms with Crippen LogP contribution in [0.2, 0.25) is 0 Å². The molecule has 1 fully saturated rings. The van der Waals surface area contributed by atoms with E-state index < -0.39 is 0 Å². The van der Waals surface area contributed by atoms with Gasteiger partial charge in [0.25, 0.3) is 0 Å². The molecule has 0 aromatic carbocycles. The highest BCUT2D eigenvalue weighted by Crippen LogP contribution is 2.35. The molecule has 1 N–H and O–H groups in total. The number of carbonyl (C=O) groups is 1. The van der Waals surface area contributed by atoms with Gasteiger partial charge in [-0.05, 0) is 30.9 Å². The third-order valence-corrected chi connectivity index (χ3v) is 5.33. The van der Waals surface area contributed by atoms with E-state index in [-0.39, 0.29) is 5.91 Å². The average Bonchev–Trinajstić information content (AvgIpc) is 3.28. The molecule has 2 aromatic heterocycles. The molecule has 0 bridgehead atoms. The molecular formula is C18H26N4O2S. The number of furan rings is 1. The van der Waals surface area contributed by atoms with Crippen LogP contribution in [0.3, 0.4) is 0 Å². The van der Waals surface area contributed by atoms with E-state index in [0.29, 0.717) is 24.3 Å². The van der Waals surface area contributed by atoms with E-state index in [1.165, 1.54) is 31.0 Å². The molecule has 0 saturated heterocycles. The molecule has 7 heteroatoms. The fourth-order valence-corrected chi connectivity index (χ4v) is 3.95. The Morgan fingerprint density at radius 1 is 1.36 bits per heavy atom. The van der Waals surface area contributed by atoms with Crippen LogP contribution in [-0.4, -0.2) is 33.0 Å². The molecule has 3 rings (SSSR count). The molecule has 1 saturated carbocycles. The van der Waals surface area contributed by atoms with E-state index in [0.717, 1.165) is 29.6 Å². The molecule has 1 amide bonds. The van der Waals surface area contributed by atoms with Gasteiger partial charge >= 0.3 is 0 Å². The maximum absolute atomic E-state index is 12.0. The van der Waals surface area contributed by atoms with Crippen LogP contribution in [0.25, 0.3) is 11.6 Å². The van der Waals surface area contributed by atoms with Gasteiger partial charge in [0, 0.05) is 12.6 Å². The maximum atomic E-state index is 12.0. The van der Waals surface area contributed by atoms with Gasteiger partial charge in [-0.1, -0.05) is 44.9 Å². The van der Waals surface area contributed by atoms with Crippen LogP contribution in [0.4, 0.5) is 0 Å². The van der Waals surface area contributed by atoms with Crippen molar-refractivity contribution in [2.45, 2.75) is 57.1 Å². The quantitative estimate of drug-likeness (QED) is 0.756. The minimum absolute atomic E-state index is 0.0384. The Labute approximate surface area is 152 Å². The van der Waals surface area contributed by atoms with Crippen molar-refractivity contribution in [1.29, 1.82) is 0 Å². The van der Waals surface area contributed by atoms with Crippen LogP contribution in [0.15, 0.2) is 28.0 Å². The smallest absolute Gasteiger partial charge is 0.230 e. The minimum atomic E-state index is 0.0384. The normalized spacial score (nSPS) is 15.6. The second-order valence-electron chi connectivity index (χ2n) is 6.93. The lowest BCUT2D eigenvalue weighted by Crippen LogP contribution is -2.29. The Morgan fingerprint density at radius 2 is 2.16 bits per heavy atom. The molecule has 2 heterocycles. The van der Waals surface area contributed by atoms with Gasteiger partial charge in [-0.25, -0.2) is 0 Å². The fraction of sp³-hybridized carbons (Fsp3) is 0.611.